The summed E-state index contributed by atoms with van der Waals surface area (Å²) in [5, 5.41) is 22.4. The average Bonchev–Trinajstić information content (AvgIpc) is 2.44. The van der Waals surface area contributed by atoms with Gasteiger partial charge in [0.25, 0.3) is 0 Å². The summed E-state index contributed by atoms with van der Waals surface area (Å²) >= 11 is 1.02. The fraction of sp³-hybridized carbons (Fsp3) is 0.312. The molecule has 0 aliphatic rings. The quantitative estimate of drug-likeness (QED) is 0.909. The van der Waals surface area contributed by atoms with Crippen LogP contribution in [0.15, 0.2) is 36.4 Å². The second kappa shape index (κ2) is 6.39. The van der Waals surface area contributed by atoms with Crippen molar-refractivity contribution in [3.63, 3.8) is 0 Å². The molecule has 0 aromatic heterocycles. The molecule has 0 aliphatic heterocycles. The first kappa shape index (κ1) is 15.0. The summed E-state index contributed by atoms with van der Waals surface area (Å²) in [5.41, 5.74) is 1.67. The van der Waals surface area contributed by atoms with Gasteiger partial charge in [0.15, 0.2) is 5.12 Å². The molecule has 3 nitrogen and oxygen atoms in total. The van der Waals surface area contributed by atoms with Crippen molar-refractivity contribution >= 4 is 27.6 Å². The number of benzene rings is 2. The Hall–Kier alpha value is -1.36. The summed E-state index contributed by atoms with van der Waals surface area (Å²) in [6.45, 7) is 3.36. The van der Waals surface area contributed by atoms with Crippen LogP contribution in [0, 0.1) is 6.92 Å². The largest absolute Gasteiger partial charge is 0.389 e. The molecule has 2 rings (SSSR count). The van der Waals surface area contributed by atoms with Crippen LogP contribution in [0.1, 0.15) is 24.2 Å². The van der Waals surface area contributed by atoms with Crippen molar-refractivity contribution in [2.75, 3.05) is 5.75 Å². The van der Waals surface area contributed by atoms with Crippen LogP contribution in [-0.2, 0) is 4.79 Å². The van der Waals surface area contributed by atoms with Gasteiger partial charge in [-0.15, -0.1) is 0 Å². The minimum absolute atomic E-state index is 0.0640. The average molecular weight is 290 g/mol. The van der Waals surface area contributed by atoms with Gasteiger partial charge in [-0.25, -0.2) is 0 Å². The fourth-order valence-electron chi connectivity index (χ4n) is 2.28. The molecule has 2 N–H and O–H groups in total. The molecule has 2 aromatic rings. The van der Waals surface area contributed by atoms with Gasteiger partial charge in [0.1, 0.15) is 6.10 Å². The van der Waals surface area contributed by atoms with Crippen LogP contribution < -0.4 is 0 Å². The van der Waals surface area contributed by atoms with Crippen molar-refractivity contribution in [1.29, 1.82) is 0 Å². The molecular formula is C16H18O3S. The van der Waals surface area contributed by atoms with Crippen LogP contribution in [0.3, 0.4) is 0 Å². The Morgan fingerprint density at radius 3 is 2.60 bits per heavy atom. The molecule has 4 heteroatoms. The number of fused-ring (bicyclic) bond motifs is 1. The van der Waals surface area contributed by atoms with Gasteiger partial charge < -0.3 is 10.2 Å². The molecule has 0 saturated heterocycles. The Bertz CT molecular complexity index is 624. The number of carbonyl (C=O) groups excluding carboxylic acids is 1. The molecular weight excluding hydrogens is 272 g/mol. The minimum Gasteiger partial charge on any atom is -0.389 e. The third-order valence-electron chi connectivity index (χ3n) is 3.31. The molecule has 0 heterocycles. The molecule has 2 aromatic carbocycles. The Balaban J connectivity index is 2.35. The van der Waals surface area contributed by atoms with E-state index in [-0.39, 0.29) is 10.9 Å². The maximum atomic E-state index is 11.0. The Kier molecular flexibility index (Phi) is 4.81. The van der Waals surface area contributed by atoms with Gasteiger partial charge in [-0.2, -0.15) is 0 Å². The summed E-state index contributed by atoms with van der Waals surface area (Å²) in [4.78, 5) is 11.0. The minimum atomic E-state index is -0.993. The number of aryl methyl sites for hydroxylation is 1. The highest BCUT2D eigenvalue weighted by Crippen LogP contribution is 2.30. The maximum absolute atomic E-state index is 11.0. The summed E-state index contributed by atoms with van der Waals surface area (Å²) in [6, 6.07) is 11.7. The summed E-state index contributed by atoms with van der Waals surface area (Å²) in [6.07, 6.45) is -1.96. The van der Waals surface area contributed by atoms with Gasteiger partial charge in [0, 0.05) is 12.7 Å². The van der Waals surface area contributed by atoms with E-state index in [0.29, 0.717) is 0 Å². The molecule has 0 saturated carbocycles. The first-order chi connectivity index (χ1) is 9.50. The Morgan fingerprint density at radius 2 is 1.90 bits per heavy atom. The number of carbonyl (C=O) groups is 1. The van der Waals surface area contributed by atoms with Gasteiger partial charge >= 0.3 is 0 Å². The normalized spacial score (nSPS) is 14.2. The zero-order chi connectivity index (χ0) is 14.7. The monoisotopic (exact) mass is 290 g/mol. The molecule has 2 atom stereocenters. The smallest absolute Gasteiger partial charge is 0.185 e. The lowest BCUT2D eigenvalue weighted by molar-refractivity contribution is -0.109. The lowest BCUT2D eigenvalue weighted by atomic mass is 9.93. The second-order valence-corrected chi connectivity index (χ2v) is 6.03. The van der Waals surface area contributed by atoms with Crippen molar-refractivity contribution in [3.8, 4) is 0 Å². The standard InChI is InChI=1S/C16H18O3S/c1-10-7-8-12-5-3-4-6-13(12)15(10)16(19)14(18)9-20-11(2)17/h3-8,14,16,18-19H,9H2,1-2H3. The van der Waals surface area contributed by atoms with Gasteiger partial charge in [-0.1, -0.05) is 48.2 Å². The van der Waals surface area contributed by atoms with Gasteiger partial charge in [-0.05, 0) is 28.8 Å². The number of rotatable bonds is 4. The second-order valence-electron chi connectivity index (χ2n) is 4.83. The van der Waals surface area contributed by atoms with Gasteiger partial charge in [0.2, 0.25) is 0 Å². The van der Waals surface area contributed by atoms with Crippen LogP contribution in [0.25, 0.3) is 10.8 Å². The third kappa shape index (κ3) is 3.20. The van der Waals surface area contributed by atoms with Gasteiger partial charge in [-0.3, -0.25) is 4.79 Å². The molecule has 0 fully saturated rings. The van der Waals surface area contributed by atoms with E-state index < -0.39 is 12.2 Å². The zero-order valence-electron chi connectivity index (χ0n) is 11.5. The van der Waals surface area contributed by atoms with Crippen LogP contribution in [0.2, 0.25) is 0 Å². The predicted molar refractivity (Wildman–Crippen MR) is 82.8 cm³/mol. The number of hydrogen-bond acceptors (Lipinski definition) is 4. The molecule has 106 valence electrons. The van der Waals surface area contributed by atoms with E-state index in [2.05, 4.69) is 0 Å². The Morgan fingerprint density at radius 1 is 1.20 bits per heavy atom. The van der Waals surface area contributed by atoms with E-state index in [1.807, 2.05) is 43.3 Å². The highest BCUT2D eigenvalue weighted by atomic mass is 32.2. The third-order valence-corrected chi connectivity index (χ3v) is 4.22. The van der Waals surface area contributed by atoms with Crippen LogP contribution in [0.5, 0.6) is 0 Å². The molecule has 20 heavy (non-hydrogen) atoms. The van der Waals surface area contributed by atoms with Crippen LogP contribution in [0.4, 0.5) is 0 Å². The van der Waals surface area contributed by atoms with E-state index in [1.54, 1.807) is 0 Å². The molecule has 2 unspecified atom stereocenters. The van der Waals surface area contributed by atoms with Crippen molar-refractivity contribution in [2.24, 2.45) is 0 Å². The molecule has 0 aliphatic carbocycles. The topological polar surface area (TPSA) is 57.5 Å². The van der Waals surface area contributed by atoms with E-state index in [0.717, 1.165) is 33.7 Å². The van der Waals surface area contributed by atoms with Crippen LogP contribution in [-0.4, -0.2) is 27.2 Å². The van der Waals surface area contributed by atoms with Crippen molar-refractivity contribution in [3.05, 3.63) is 47.5 Å². The predicted octanol–water partition coefficient (Wildman–Crippen LogP) is 2.82. The van der Waals surface area contributed by atoms with Crippen molar-refractivity contribution < 1.29 is 15.0 Å². The molecule has 0 amide bonds. The number of aliphatic hydroxyl groups excluding tert-OH is 2. The van der Waals surface area contributed by atoms with E-state index in [1.165, 1.54) is 6.92 Å². The molecule has 0 bridgehead atoms. The zero-order valence-corrected chi connectivity index (χ0v) is 12.4. The first-order valence-corrected chi connectivity index (χ1v) is 7.47. The lowest BCUT2D eigenvalue weighted by Gasteiger charge is -2.21. The van der Waals surface area contributed by atoms with Crippen LogP contribution >= 0.6 is 11.8 Å². The molecule has 0 radical (unpaired) electrons. The molecule has 0 spiro atoms. The van der Waals surface area contributed by atoms with E-state index in [4.69, 9.17) is 0 Å². The summed E-state index contributed by atoms with van der Waals surface area (Å²) in [7, 11) is 0. The summed E-state index contributed by atoms with van der Waals surface area (Å²) < 4.78 is 0. The SMILES string of the molecule is CC(=O)SCC(O)C(O)c1c(C)ccc2ccccc12. The summed E-state index contributed by atoms with van der Waals surface area (Å²) in [5.74, 6) is 0.194. The highest BCUT2D eigenvalue weighted by molar-refractivity contribution is 8.13. The van der Waals surface area contributed by atoms with E-state index in [9.17, 15) is 15.0 Å². The lowest BCUT2D eigenvalue weighted by Crippen LogP contribution is -2.22. The van der Waals surface area contributed by atoms with Crippen molar-refractivity contribution in [1.82, 2.24) is 0 Å². The number of thioether (sulfide) groups is 1. The maximum Gasteiger partial charge on any atom is 0.185 e. The Labute approximate surface area is 122 Å². The van der Waals surface area contributed by atoms with Gasteiger partial charge in [0.05, 0.1) is 6.10 Å². The fourth-order valence-corrected chi connectivity index (χ4v) is 2.87. The number of hydrogen-bond donors (Lipinski definition) is 2. The van der Waals surface area contributed by atoms with E-state index >= 15 is 0 Å². The number of aliphatic hydroxyl groups is 2. The van der Waals surface area contributed by atoms with Crippen molar-refractivity contribution in [2.45, 2.75) is 26.1 Å². The first-order valence-electron chi connectivity index (χ1n) is 6.48. The highest BCUT2D eigenvalue weighted by Gasteiger charge is 2.22.